The summed E-state index contributed by atoms with van der Waals surface area (Å²) in [5, 5.41) is 18.4. The maximum atomic E-state index is 12.6. The highest BCUT2D eigenvalue weighted by Crippen LogP contribution is 2.30. The molecule has 0 aliphatic rings. The Balaban J connectivity index is 2.66. The zero-order valence-electron chi connectivity index (χ0n) is 9.35. The van der Waals surface area contributed by atoms with E-state index < -0.39 is 23.0 Å². The van der Waals surface area contributed by atoms with E-state index in [1.54, 1.807) is 0 Å². The van der Waals surface area contributed by atoms with Crippen LogP contribution in [0.4, 0.5) is 13.2 Å². The monoisotopic (exact) mass is 271 g/mol. The van der Waals surface area contributed by atoms with Gasteiger partial charge in [0.2, 0.25) is 0 Å². The van der Waals surface area contributed by atoms with Crippen molar-refractivity contribution in [3.8, 4) is 17.2 Å². The van der Waals surface area contributed by atoms with E-state index in [2.05, 4.69) is 0 Å². The standard InChI is InChI=1S/C12H8F3NO3/c13-12(14,15)7-5-10(18)11(19)16(6-7)8-1-3-9(17)4-2-8/h1-6,17-18H. The van der Waals surface area contributed by atoms with Crippen molar-refractivity contribution < 1.29 is 23.4 Å². The first-order valence-corrected chi connectivity index (χ1v) is 5.11. The van der Waals surface area contributed by atoms with E-state index in [0.29, 0.717) is 16.8 Å². The van der Waals surface area contributed by atoms with Crippen LogP contribution in [0.5, 0.6) is 11.5 Å². The molecule has 0 amide bonds. The van der Waals surface area contributed by atoms with Gasteiger partial charge in [0.15, 0.2) is 5.75 Å². The minimum Gasteiger partial charge on any atom is -0.508 e. The number of rotatable bonds is 1. The molecule has 0 unspecified atom stereocenters. The van der Waals surface area contributed by atoms with Crippen molar-refractivity contribution >= 4 is 0 Å². The van der Waals surface area contributed by atoms with Gasteiger partial charge in [0.25, 0.3) is 5.56 Å². The Morgan fingerprint density at radius 1 is 1.05 bits per heavy atom. The summed E-state index contributed by atoms with van der Waals surface area (Å²) in [7, 11) is 0. The maximum Gasteiger partial charge on any atom is 0.417 e. The minimum atomic E-state index is -4.68. The summed E-state index contributed by atoms with van der Waals surface area (Å²) >= 11 is 0. The van der Waals surface area contributed by atoms with E-state index in [4.69, 9.17) is 5.11 Å². The zero-order chi connectivity index (χ0) is 14.2. The zero-order valence-corrected chi connectivity index (χ0v) is 9.35. The molecule has 100 valence electrons. The number of aromatic nitrogens is 1. The van der Waals surface area contributed by atoms with Crippen LogP contribution in [0.1, 0.15) is 5.56 Å². The Hall–Kier alpha value is -2.44. The van der Waals surface area contributed by atoms with Gasteiger partial charge in [-0.1, -0.05) is 0 Å². The van der Waals surface area contributed by atoms with Crippen molar-refractivity contribution in [1.82, 2.24) is 4.57 Å². The van der Waals surface area contributed by atoms with Gasteiger partial charge in [0, 0.05) is 11.9 Å². The second-order valence-corrected chi connectivity index (χ2v) is 3.80. The number of halogens is 3. The summed E-state index contributed by atoms with van der Waals surface area (Å²) < 4.78 is 38.4. The number of hydrogen-bond acceptors (Lipinski definition) is 3. The molecule has 2 aromatic rings. The van der Waals surface area contributed by atoms with E-state index in [1.807, 2.05) is 0 Å². The smallest absolute Gasteiger partial charge is 0.417 e. The summed E-state index contributed by atoms with van der Waals surface area (Å²) in [6.45, 7) is 0. The van der Waals surface area contributed by atoms with Crippen molar-refractivity contribution in [3.05, 3.63) is 52.4 Å². The average molecular weight is 271 g/mol. The summed E-state index contributed by atoms with van der Waals surface area (Å²) in [4.78, 5) is 11.6. The highest BCUT2D eigenvalue weighted by Gasteiger charge is 2.32. The van der Waals surface area contributed by atoms with Crippen LogP contribution in [0, 0.1) is 0 Å². The molecule has 0 saturated carbocycles. The fraction of sp³-hybridized carbons (Fsp3) is 0.0833. The molecule has 0 bridgehead atoms. The molecule has 2 N–H and O–H groups in total. The number of pyridine rings is 1. The van der Waals surface area contributed by atoms with Gasteiger partial charge in [-0.2, -0.15) is 13.2 Å². The van der Waals surface area contributed by atoms with Gasteiger partial charge >= 0.3 is 6.18 Å². The summed E-state index contributed by atoms with van der Waals surface area (Å²) in [5.74, 6) is -1.09. The molecule has 2 rings (SSSR count). The highest BCUT2D eigenvalue weighted by atomic mass is 19.4. The van der Waals surface area contributed by atoms with Gasteiger partial charge in [-0.3, -0.25) is 9.36 Å². The fourth-order valence-corrected chi connectivity index (χ4v) is 1.53. The van der Waals surface area contributed by atoms with E-state index in [1.165, 1.54) is 24.3 Å². The number of nitrogens with zero attached hydrogens (tertiary/aromatic N) is 1. The Labute approximate surface area is 105 Å². The van der Waals surface area contributed by atoms with Crippen LogP contribution in [0.3, 0.4) is 0 Å². The van der Waals surface area contributed by atoms with Crippen molar-refractivity contribution in [2.75, 3.05) is 0 Å². The molecule has 1 aromatic carbocycles. The van der Waals surface area contributed by atoms with Gasteiger partial charge in [-0.05, 0) is 30.3 Å². The van der Waals surface area contributed by atoms with Gasteiger partial charge < -0.3 is 10.2 Å². The predicted octanol–water partition coefficient (Wildman–Crippen LogP) is 2.27. The molecule has 1 heterocycles. The van der Waals surface area contributed by atoms with Crippen LogP contribution < -0.4 is 5.56 Å². The normalized spacial score (nSPS) is 11.5. The third-order valence-electron chi connectivity index (χ3n) is 2.45. The number of alkyl halides is 3. The Bertz CT molecular complexity index is 659. The molecule has 19 heavy (non-hydrogen) atoms. The number of phenolic OH excluding ortho intramolecular Hbond substituents is 1. The molecule has 0 saturated heterocycles. The molecule has 0 aliphatic heterocycles. The van der Waals surface area contributed by atoms with E-state index >= 15 is 0 Å². The Morgan fingerprint density at radius 3 is 2.16 bits per heavy atom. The van der Waals surface area contributed by atoms with Gasteiger partial charge in [-0.25, -0.2) is 0 Å². The number of benzene rings is 1. The van der Waals surface area contributed by atoms with Gasteiger partial charge in [0.1, 0.15) is 5.75 Å². The number of hydrogen-bond donors (Lipinski definition) is 2. The molecule has 7 heteroatoms. The molecular weight excluding hydrogens is 263 g/mol. The van der Waals surface area contributed by atoms with Crippen LogP contribution in [-0.4, -0.2) is 14.8 Å². The molecule has 1 aromatic heterocycles. The predicted molar refractivity (Wildman–Crippen MR) is 60.4 cm³/mol. The largest absolute Gasteiger partial charge is 0.508 e. The van der Waals surface area contributed by atoms with Crippen LogP contribution >= 0.6 is 0 Å². The van der Waals surface area contributed by atoms with E-state index in [-0.39, 0.29) is 11.4 Å². The second kappa shape index (κ2) is 4.34. The summed E-state index contributed by atoms with van der Waals surface area (Å²) in [5.41, 5.74) is -2.01. The Kier molecular flexibility index (Phi) is 2.97. The topological polar surface area (TPSA) is 62.5 Å². The van der Waals surface area contributed by atoms with E-state index in [0.717, 1.165) is 0 Å². The van der Waals surface area contributed by atoms with Crippen molar-refractivity contribution in [2.24, 2.45) is 0 Å². The number of phenols is 1. The molecule has 0 spiro atoms. The van der Waals surface area contributed by atoms with Gasteiger partial charge in [0.05, 0.1) is 5.56 Å². The second-order valence-electron chi connectivity index (χ2n) is 3.80. The fourth-order valence-electron chi connectivity index (χ4n) is 1.53. The highest BCUT2D eigenvalue weighted by molar-refractivity contribution is 5.39. The van der Waals surface area contributed by atoms with Crippen LogP contribution in [0.25, 0.3) is 5.69 Å². The molecule has 0 aliphatic carbocycles. The van der Waals surface area contributed by atoms with Crippen molar-refractivity contribution in [1.29, 1.82) is 0 Å². The first kappa shape index (κ1) is 13.0. The van der Waals surface area contributed by atoms with Crippen LogP contribution in [0.2, 0.25) is 0 Å². The van der Waals surface area contributed by atoms with Gasteiger partial charge in [-0.15, -0.1) is 0 Å². The minimum absolute atomic E-state index is 0.0898. The third kappa shape index (κ3) is 2.54. The first-order chi connectivity index (χ1) is 8.79. The quantitative estimate of drug-likeness (QED) is 0.836. The molecule has 0 fully saturated rings. The number of aromatic hydroxyl groups is 2. The molecular formula is C12H8F3NO3. The SMILES string of the molecule is O=c1c(O)cc(C(F)(F)F)cn1-c1ccc(O)cc1. The van der Waals surface area contributed by atoms with Crippen molar-refractivity contribution in [3.63, 3.8) is 0 Å². The Morgan fingerprint density at radius 2 is 1.63 bits per heavy atom. The lowest BCUT2D eigenvalue weighted by molar-refractivity contribution is -0.138. The van der Waals surface area contributed by atoms with Crippen LogP contribution in [-0.2, 0) is 6.18 Å². The first-order valence-electron chi connectivity index (χ1n) is 5.11. The third-order valence-corrected chi connectivity index (χ3v) is 2.45. The average Bonchev–Trinajstić information content (AvgIpc) is 2.32. The molecule has 0 radical (unpaired) electrons. The summed E-state index contributed by atoms with van der Waals surface area (Å²) in [6, 6.07) is 5.34. The molecule has 0 atom stereocenters. The lowest BCUT2D eigenvalue weighted by Crippen LogP contribution is -2.20. The summed E-state index contributed by atoms with van der Waals surface area (Å²) in [6.07, 6.45) is -4.09. The molecule has 4 nitrogen and oxygen atoms in total. The van der Waals surface area contributed by atoms with Crippen LogP contribution in [0.15, 0.2) is 41.3 Å². The maximum absolute atomic E-state index is 12.6. The van der Waals surface area contributed by atoms with Crippen molar-refractivity contribution in [2.45, 2.75) is 6.18 Å². The van der Waals surface area contributed by atoms with E-state index in [9.17, 15) is 23.1 Å². The lowest BCUT2D eigenvalue weighted by Gasteiger charge is -2.11. The lowest BCUT2D eigenvalue weighted by atomic mass is 10.2.